The maximum Gasteiger partial charge on any atom is 0.291 e. The highest BCUT2D eigenvalue weighted by Gasteiger charge is 2.10. The molecule has 104 valence electrons. The van der Waals surface area contributed by atoms with Gasteiger partial charge in [0.2, 0.25) is 0 Å². The first-order valence-corrected chi connectivity index (χ1v) is 6.24. The van der Waals surface area contributed by atoms with Crippen LogP contribution < -0.4 is 5.43 Å². The first-order chi connectivity index (χ1) is 9.56. The van der Waals surface area contributed by atoms with Crippen LogP contribution in [0.5, 0.6) is 5.75 Å². The Bertz CT molecular complexity index is 632. The molecular formula is C14H16N4O2. The van der Waals surface area contributed by atoms with Crippen molar-refractivity contribution >= 4 is 12.1 Å². The SMILES string of the molecule is CC(C)c1cc(C(=O)N/N=C\c2cccc(O)c2)n[nH]1. The predicted molar refractivity (Wildman–Crippen MR) is 75.8 cm³/mol. The Morgan fingerprint density at radius 2 is 2.25 bits per heavy atom. The number of hydrazone groups is 1. The van der Waals surface area contributed by atoms with Gasteiger partial charge in [0.15, 0.2) is 5.69 Å². The van der Waals surface area contributed by atoms with Gasteiger partial charge in [-0.25, -0.2) is 5.43 Å². The van der Waals surface area contributed by atoms with E-state index in [1.165, 1.54) is 6.21 Å². The molecule has 0 aliphatic heterocycles. The van der Waals surface area contributed by atoms with Gasteiger partial charge >= 0.3 is 0 Å². The van der Waals surface area contributed by atoms with Crippen LogP contribution in [0.1, 0.15) is 41.5 Å². The van der Waals surface area contributed by atoms with Gasteiger partial charge in [0.1, 0.15) is 5.75 Å². The van der Waals surface area contributed by atoms with Crippen LogP contribution in [0.25, 0.3) is 0 Å². The standard InChI is InChI=1S/C14H16N4O2/c1-9(2)12-7-13(17-16-12)14(20)18-15-8-10-4-3-5-11(19)6-10/h3-9,19H,1-2H3,(H,16,17)(H,18,20)/b15-8-. The van der Waals surface area contributed by atoms with Crippen LogP contribution in [0.15, 0.2) is 35.4 Å². The number of nitrogens with zero attached hydrogens (tertiary/aromatic N) is 2. The van der Waals surface area contributed by atoms with Gasteiger partial charge in [-0.15, -0.1) is 0 Å². The van der Waals surface area contributed by atoms with Crippen LogP contribution in [0.3, 0.4) is 0 Å². The molecule has 1 amide bonds. The molecule has 0 aliphatic rings. The fraction of sp³-hybridized carbons (Fsp3) is 0.214. The molecule has 0 spiro atoms. The van der Waals surface area contributed by atoms with E-state index in [1.807, 2.05) is 13.8 Å². The number of nitrogens with one attached hydrogen (secondary N) is 2. The van der Waals surface area contributed by atoms with Crippen LogP contribution in [0, 0.1) is 0 Å². The smallest absolute Gasteiger partial charge is 0.291 e. The topological polar surface area (TPSA) is 90.4 Å². The minimum absolute atomic E-state index is 0.147. The molecule has 0 aliphatic carbocycles. The highest BCUT2D eigenvalue weighted by Crippen LogP contribution is 2.11. The molecule has 6 nitrogen and oxygen atoms in total. The lowest BCUT2D eigenvalue weighted by molar-refractivity contribution is 0.0950. The number of amides is 1. The summed E-state index contributed by atoms with van der Waals surface area (Å²) in [5.74, 6) is 0.0403. The number of phenols is 1. The number of H-pyrrole nitrogens is 1. The van der Waals surface area contributed by atoms with Crippen LogP contribution in [-0.4, -0.2) is 27.4 Å². The molecule has 1 aromatic heterocycles. The number of rotatable bonds is 4. The van der Waals surface area contributed by atoms with Gasteiger partial charge < -0.3 is 5.11 Å². The summed E-state index contributed by atoms with van der Waals surface area (Å²) in [6.45, 7) is 4.02. The molecule has 0 fully saturated rings. The molecule has 0 saturated carbocycles. The summed E-state index contributed by atoms with van der Waals surface area (Å²) in [5, 5.41) is 19.8. The average molecular weight is 272 g/mol. The second kappa shape index (κ2) is 6.01. The van der Waals surface area contributed by atoms with Crippen molar-refractivity contribution in [3.8, 4) is 5.75 Å². The maximum atomic E-state index is 11.8. The quantitative estimate of drug-likeness (QED) is 0.587. The van der Waals surface area contributed by atoms with E-state index in [2.05, 4.69) is 20.7 Å². The van der Waals surface area contributed by atoms with Gasteiger partial charge in [0.25, 0.3) is 5.91 Å². The minimum atomic E-state index is -0.385. The molecule has 2 rings (SSSR count). The van der Waals surface area contributed by atoms with E-state index in [4.69, 9.17) is 0 Å². The van der Waals surface area contributed by atoms with Gasteiger partial charge in [0, 0.05) is 5.69 Å². The average Bonchev–Trinajstić information content (AvgIpc) is 2.88. The molecule has 0 unspecified atom stereocenters. The summed E-state index contributed by atoms with van der Waals surface area (Å²) in [6, 6.07) is 8.26. The van der Waals surface area contributed by atoms with E-state index in [1.54, 1.807) is 30.3 Å². The number of phenolic OH excluding ortho intramolecular Hbond substituents is 1. The molecule has 0 saturated heterocycles. The van der Waals surface area contributed by atoms with Crippen molar-refractivity contribution in [3.05, 3.63) is 47.3 Å². The third-order valence-electron chi connectivity index (χ3n) is 2.70. The third kappa shape index (κ3) is 3.44. The molecule has 1 aromatic carbocycles. The number of hydrogen-bond acceptors (Lipinski definition) is 4. The van der Waals surface area contributed by atoms with Gasteiger partial charge in [-0.3, -0.25) is 9.89 Å². The maximum absolute atomic E-state index is 11.8. The van der Waals surface area contributed by atoms with Crippen LogP contribution in [-0.2, 0) is 0 Å². The number of carbonyl (C=O) groups excluding carboxylic acids is 1. The van der Waals surface area contributed by atoms with Crippen molar-refractivity contribution in [3.63, 3.8) is 0 Å². The van der Waals surface area contributed by atoms with Crippen molar-refractivity contribution < 1.29 is 9.90 Å². The van der Waals surface area contributed by atoms with E-state index < -0.39 is 0 Å². The fourth-order valence-electron chi connectivity index (χ4n) is 1.58. The van der Waals surface area contributed by atoms with Crippen molar-refractivity contribution in [1.29, 1.82) is 0 Å². The monoisotopic (exact) mass is 272 g/mol. The summed E-state index contributed by atoms with van der Waals surface area (Å²) in [4.78, 5) is 11.8. The molecular weight excluding hydrogens is 256 g/mol. The third-order valence-corrected chi connectivity index (χ3v) is 2.70. The van der Waals surface area contributed by atoms with Gasteiger partial charge in [-0.05, 0) is 29.7 Å². The van der Waals surface area contributed by atoms with E-state index in [-0.39, 0.29) is 17.6 Å². The lowest BCUT2D eigenvalue weighted by Gasteiger charge is -1.97. The van der Waals surface area contributed by atoms with Crippen molar-refractivity contribution in [2.75, 3.05) is 0 Å². The first kappa shape index (κ1) is 13.8. The number of aromatic hydroxyl groups is 1. The fourth-order valence-corrected chi connectivity index (χ4v) is 1.58. The van der Waals surface area contributed by atoms with Crippen LogP contribution in [0.2, 0.25) is 0 Å². The van der Waals surface area contributed by atoms with Crippen molar-refractivity contribution in [2.45, 2.75) is 19.8 Å². The summed E-state index contributed by atoms with van der Waals surface area (Å²) >= 11 is 0. The van der Waals surface area contributed by atoms with Crippen molar-refractivity contribution in [1.82, 2.24) is 15.6 Å². The lowest BCUT2D eigenvalue weighted by atomic mass is 10.1. The molecule has 0 bridgehead atoms. The molecule has 2 aromatic rings. The number of aromatic nitrogens is 2. The normalized spacial score (nSPS) is 11.2. The molecule has 6 heteroatoms. The molecule has 1 heterocycles. The summed E-state index contributed by atoms with van der Waals surface area (Å²) in [7, 11) is 0. The predicted octanol–water partition coefficient (Wildman–Crippen LogP) is 2.00. The zero-order valence-electron chi connectivity index (χ0n) is 11.3. The summed E-state index contributed by atoms with van der Waals surface area (Å²) < 4.78 is 0. The molecule has 0 radical (unpaired) electrons. The van der Waals surface area contributed by atoms with Gasteiger partial charge in [0.05, 0.1) is 6.21 Å². The van der Waals surface area contributed by atoms with Crippen molar-refractivity contribution in [2.24, 2.45) is 5.10 Å². The Morgan fingerprint density at radius 3 is 2.90 bits per heavy atom. The van der Waals surface area contributed by atoms with E-state index in [0.717, 1.165) is 5.69 Å². The largest absolute Gasteiger partial charge is 0.508 e. The number of benzene rings is 1. The summed E-state index contributed by atoms with van der Waals surface area (Å²) in [5.41, 5.74) is 4.26. The Hall–Kier alpha value is -2.63. The Balaban J connectivity index is 1.97. The Kier molecular flexibility index (Phi) is 4.14. The Labute approximate surface area is 116 Å². The zero-order chi connectivity index (χ0) is 14.5. The number of aromatic amines is 1. The van der Waals surface area contributed by atoms with E-state index in [0.29, 0.717) is 11.3 Å². The summed E-state index contributed by atoms with van der Waals surface area (Å²) in [6.07, 6.45) is 1.45. The second-order valence-electron chi connectivity index (χ2n) is 4.66. The molecule has 20 heavy (non-hydrogen) atoms. The van der Waals surface area contributed by atoms with Crippen LogP contribution in [0.4, 0.5) is 0 Å². The minimum Gasteiger partial charge on any atom is -0.508 e. The number of carbonyl (C=O) groups is 1. The zero-order valence-corrected chi connectivity index (χ0v) is 11.3. The Morgan fingerprint density at radius 1 is 1.45 bits per heavy atom. The highest BCUT2D eigenvalue weighted by atomic mass is 16.3. The molecule has 3 N–H and O–H groups in total. The van der Waals surface area contributed by atoms with Crippen LogP contribution >= 0.6 is 0 Å². The molecule has 0 atom stereocenters. The first-order valence-electron chi connectivity index (χ1n) is 6.24. The van der Waals surface area contributed by atoms with E-state index in [9.17, 15) is 9.90 Å². The lowest BCUT2D eigenvalue weighted by Crippen LogP contribution is -2.18. The highest BCUT2D eigenvalue weighted by molar-refractivity contribution is 5.93. The van der Waals surface area contributed by atoms with E-state index >= 15 is 0 Å². The second-order valence-corrected chi connectivity index (χ2v) is 4.66. The van der Waals surface area contributed by atoms with Gasteiger partial charge in [-0.2, -0.15) is 10.2 Å². The van der Waals surface area contributed by atoms with Gasteiger partial charge in [-0.1, -0.05) is 26.0 Å². The number of hydrogen-bond donors (Lipinski definition) is 3.